The summed E-state index contributed by atoms with van der Waals surface area (Å²) in [5, 5.41) is 0. The van der Waals surface area contributed by atoms with Crippen molar-refractivity contribution >= 4 is 11.6 Å². The van der Waals surface area contributed by atoms with Crippen LogP contribution in [0.15, 0.2) is 24.3 Å². The van der Waals surface area contributed by atoms with Gasteiger partial charge in [0.2, 0.25) is 0 Å². The standard InChI is InChI=1S/C18H23FO2/c1-18(2,3)14-6-9-16(20)13(10-14)11-17(21)12-4-7-15(19)8-5-12/h4-5,7-8,13-14H,6,9-11H2,1-3H3/t13-,14+/m1/s1. The Morgan fingerprint density at radius 1 is 1.24 bits per heavy atom. The number of hydrogen-bond donors (Lipinski definition) is 0. The first-order valence-electron chi connectivity index (χ1n) is 7.59. The van der Waals surface area contributed by atoms with E-state index < -0.39 is 0 Å². The number of halogens is 1. The van der Waals surface area contributed by atoms with E-state index in [4.69, 9.17) is 0 Å². The Hall–Kier alpha value is -1.51. The molecular formula is C18H23FO2. The Labute approximate surface area is 125 Å². The number of ketones is 2. The Balaban J connectivity index is 2.05. The summed E-state index contributed by atoms with van der Waals surface area (Å²) in [6.45, 7) is 6.56. The molecule has 1 aliphatic rings. The summed E-state index contributed by atoms with van der Waals surface area (Å²) in [5.74, 6) is 0.0729. The monoisotopic (exact) mass is 290 g/mol. The summed E-state index contributed by atoms with van der Waals surface area (Å²) < 4.78 is 12.9. The third-order valence-corrected chi connectivity index (χ3v) is 4.59. The molecule has 0 N–H and O–H groups in total. The lowest BCUT2D eigenvalue weighted by molar-refractivity contribution is -0.126. The maximum atomic E-state index is 12.9. The van der Waals surface area contributed by atoms with E-state index in [1.165, 1.54) is 24.3 Å². The Bertz CT molecular complexity index is 525. The van der Waals surface area contributed by atoms with Crippen molar-refractivity contribution in [3.8, 4) is 0 Å². The highest BCUT2D eigenvalue weighted by Crippen LogP contribution is 2.40. The molecule has 1 fully saturated rings. The molecule has 1 aromatic rings. The van der Waals surface area contributed by atoms with Crippen LogP contribution < -0.4 is 0 Å². The molecule has 3 heteroatoms. The van der Waals surface area contributed by atoms with Crippen LogP contribution in [0.4, 0.5) is 4.39 Å². The number of carbonyl (C=O) groups excluding carboxylic acids is 2. The molecule has 0 radical (unpaired) electrons. The zero-order valence-electron chi connectivity index (χ0n) is 13.0. The topological polar surface area (TPSA) is 34.1 Å². The van der Waals surface area contributed by atoms with Gasteiger partial charge in [0, 0.05) is 24.3 Å². The lowest BCUT2D eigenvalue weighted by atomic mass is 9.67. The highest BCUT2D eigenvalue weighted by Gasteiger charge is 2.35. The molecular weight excluding hydrogens is 267 g/mol. The van der Waals surface area contributed by atoms with Crippen LogP contribution in [0.1, 0.15) is 56.8 Å². The van der Waals surface area contributed by atoms with Crippen LogP contribution >= 0.6 is 0 Å². The van der Waals surface area contributed by atoms with E-state index in [2.05, 4.69) is 20.8 Å². The van der Waals surface area contributed by atoms with Gasteiger partial charge in [0.15, 0.2) is 5.78 Å². The second-order valence-electron chi connectivity index (χ2n) is 7.13. The quantitative estimate of drug-likeness (QED) is 0.772. The van der Waals surface area contributed by atoms with Gasteiger partial charge < -0.3 is 0 Å². The predicted molar refractivity (Wildman–Crippen MR) is 80.6 cm³/mol. The van der Waals surface area contributed by atoms with Gasteiger partial charge in [-0.3, -0.25) is 9.59 Å². The van der Waals surface area contributed by atoms with Crippen molar-refractivity contribution in [1.82, 2.24) is 0 Å². The second kappa shape index (κ2) is 6.08. The van der Waals surface area contributed by atoms with Crippen molar-refractivity contribution in [2.24, 2.45) is 17.3 Å². The van der Waals surface area contributed by atoms with Crippen LogP contribution in [0.3, 0.4) is 0 Å². The first-order valence-corrected chi connectivity index (χ1v) is 7.59. The molecule has 2 rings (SSSR count). The van der Waals surface area contributed by atoms with Gasteiger partial charge in [-0.2, -0.15) is 0 Å². The summed E-state index contributed by atoms with van der Waals surface area (Å²) in [5.41, 5.74) is 0.653. The SMILES string of the molecule is CC(C)(C)[C@H]1CCC(=O)[C@@H](CC(=O)c2ccc(F)cc2)C1. The fourth-order valence-corrected chi connectivity index (χ4v) is 3.07. The van der Waals surface area contributed by atoms with E-state index in [0.29, 0.717) is 17.9 Å². The van der Waals surface area contributed by atoms with Crippen LogP contribution in [0.2, 0.25) is 0 Å². The number of Topliss-reactive ketones (excluding diaryl/α,β-unsaturated/α-hetero) is 2. The maximum absolute atomic E-state index is 12.9. The zero-order chi connectivity index (χ0) is 15.6. The molecule has 21 heavy (non-hydrogen) atoms. The molecule has 1 aliphatic carbocycles. The molecule has 1 aromatic carbocycles. The molecule has 2 nitrogen and oxygen atoms in total. The normalized spacial score (nSPS) is 23.1. The van der Waals surface area contributed by atoms with Gasteiger partial charge in [0.25, 0.3) is 0 Å². The van der Waals surface area contributed by atoms with Gasteiger partial charge in [0.1, 0.15) is 11.6 Å². The van der Waals surface area contributed by atoms with E-state index in [0.717, 1.165) is 12.8 Å². The van der Waals surface area contributed by atoms with Crippen molar-refractivity contribution < 1.29 is 14.0 Å². The molecule has 0 aliphatic heterocycles. The third kappa shape index (κ3) is 3.99. The van der Waals surface area contributed by atoms with Crippen molar-refractivity contribution in [2.45, 2.75) is 46.5 Å². The molecule has 0 saturated heterocycles. The molecule has 0 unspecified atom stereocenters. The molecule has 2 atom stereocenters. The highest BCUT2D eigenvalue weighted by atomic mass is 19.1. The number of hydrogen-bond acceptors (Lipinski definition) is 2. The molecule has 0 spiro atoms. The van der Waals surface area contributed by atoms with Gasteiger partial charge in [-0.05, 0) is 48.4 Å². The van der Waals surface area contributed by atoms with Crippen molar-refractivity contribution in [1.29, 1.82) is 0 Å². The fourth-order valence-electron chi connectivity index (χ4n) is 3.07. The lowest BCUT2D eigenvalue weighted by Crippen LogP contribution is -2.33. The second-order valence-corrected chi connectivity index (χ2v) is 7.13. The minimum absolute atomic E-state index is 0.0668. The number of benzene rings is 1. The summed E-state index contributed by atoms with van der Waals surface area (Å²) in [6, 6.07) is 5.56. The number of carbonyl (C=O) groups is 2. The van der Waals surface area contributed by atoms with Crippen LogP contribution in [-0.4, -0.2) is 11.6 Å². The van der Waals surface area contributed by atoms with Crippen molar-refractivity contribution in [2.75, 3.05) is 0 Å². The average Bonchev–Trinajstić information content (AvgIpc) is 2.40. The summed E-state index contributed by atoms with van der Waals surface area (Å²) in [7, 11) is 0. The molecule has 0 amide bonds. The van der Waals surface area contributed by atoms with E-state index in [1.54, 1.807) is 0 Å². The summed E-state index contributed by atoms with van der Waals surface area (Å²) >= 11 is 0. The summed E-state index contributed by atoms with van der Waals surface area (Å²) in [4.78, 5) is 24.3. The van der Waals surface area contributed by atoms with Crippen LogP contribution in [0.5, 0.6) is 0 Å². The van der Waals surface area contributed by atoms with Gasteiger partial charge >= 0.3 is 0 Å². The van der Waals surface area contributed by atoms with Gasteiger partial charge in [-0.15, -0.1) is 0 Å². The maximum Gasteiger partial charge on any atom is 0.163 e. The van der Waals surface area contributed by atoms with Crippen molar-refractivity contribution in [3.05, 3.63) is 35.6 Å². The minimum atomic E-state index is -0.354. The van der Waals surface area contributed by atoms with E-state index >= 15 is 0 Å². The van der Waals surface area contributed by atoms with E-state index in [-0.39, 0.29) is 35.1 Å². The first kappa shape index (κ1) is 15.9. The molecule has 0 heterocycles. The Kier molecular flexibility index (Phi) is 4.60. The Morgan fingerprint density at radius 3 is 2.43 bits per heavy atom. The summed E-state index contributed by atoms with van der Waals surface area (Å²) in [6.07, 6.45) is 2.53. The Morgan fingerprint density at radius 2 is 1.86 bits per heavy atom. The fraction of sp³-hybridized carbons (Fsp3) is 0.556. The van der Waals surface area contributed by atoms with Gasteiger partial charge in [-0.25, -0.2) is 4.39 Å². The van der Waals surface area contributed by atoms with Crippen LogP contribution in [0.25, 0.3) is 0 Å². The molecule has 0 bridgehead atoms. The lowest BCUT2D eigenvalue weighted by Gasteiger charge is -2.36. The van der Waals surface area contributed by atoms with E-state index in [1.807, 2.05) is 0 Å². The van der Waals surface area contributed by atoms with Crippen molar-refractivity contribution in [3.63, 3.8) is 0 Å². The molecule has 114 valence electrons. The number of rotatable bonds is 3. The first-order chi connectivity index (χ1) is 9.77. The predicted octanol–water partition coefficient (Wildman–Crippen LogP) is 4.43. The smallest absolute Gasteiger partial charge is 0.163 e. The minimum Gasteiger partial charge on any atom is -0.299 e. The van der Waals surface area contributed by atoms with Crippen LogP contribution in [-0.2, 0) is 4.79 Å². The zero-order valence-corrected chi connectivity index (χ0v) is 13.0. The molecule has 1 saturated carbocycles. The van der Waals surface area contributed by atoms with E-state index in [9.17, 15) is 14.0 Å². The van der Waals surface area contributed by atoms with Crippen LogP contribution in [0, 0.1) is 23.1 Å². The highest BCUT2D eigenvalue weighted by molar-refractivity contribution is 5.99. The van der Waals surface area contributed by atoms with Gasteiger partial charge in [0.05, 0.1) is 0 Å². The average molecular weight is 290 g/mol. The molecule has 0 aromatic heterocycles. The largest absolute Gasteiger partial charge is 0.299 e. The van der Waals surface area contributed by atoms with Gasteiger partial charge in [-0.1, -0.05) is 20.8 Å². The third-order valence-electron chi connectivity index (χ3n) is 4.59.